The molecule has 1 saturated carbocycles. The summed E-state index contributed by atoms with van der Waals surface area (Å²) in [5.41, 5.74) is 2.30. The molecule has 3 N–H and O–H groups in total. The van der Waals surface area contributed by atoms with E-state index in [0.717, 1.165) is 46.8 Å². The lowest BCUT2D eigenvalue weighted by atomic mass is 10.1. The standard InChI is InChI=1S/C26H22F4N6O3S/c27-18-5-1-16(2-6-18)23(36-25-33-13-14-39-25)21-15-20(21)22-9-10-31-24(35-22)32-11-12-34-40(37,38)19-7-3-17(4-8-19)26(28,29)30/h1-10,13-14,20,34H,11-12,15H2,(H,33,36)(H,31,32,35)/b23-21+. The molecule has 0 bridgehead atoms. The molecule has 1 atom stereocenters. The second-order valence-electron chi connectivity index (χ2n) is 8.78. The van der Waals surface area contributed by atoms with Crippen LogP contribution < -0.4 is 15.4 Å². The van der Waals surface area contributed by atoms with Gasteiger partial charge in [0.2, 0.25) is 16.0 Å². The Kier molecular flexibility index (Phi) is 7.54. The van der Waals surface area contributed by atoms with Gasteiger partial charge in [0.25, 0.3) is 6.01 Å². The Morgan fingerprint density at radius 1 is 0.975 bits per heavy atom. The first-order valence-corrected chi connectivity index (χ1v) is 13.5. The van der Waals surface area contributed by atoms with Crippen molar-refractivity contribution in [2.75, 3.05) is 23.7 Å². The molecule has 4 aromatic rings. The van der Waals surface area contributed by atoms with Gasteiger partial charge in [0.05, 0.1) is 22.3 Å². The van der Waals surface area contributed by atoms with Gasteiger partial charge in [-0.05, 0) is 72.2 Å². The molecule has 2 heterocycles. The summed E-state index contributed by atoms with van der Waals surface area (Å²) in [6.07, 6.45) is 0.647. The first kappa shape index (κ1) is 27.3. The van der Waals surface area contributed by atoms with Gasteiger partial charge in [0, 0.05) is 30.9 Å². The van der Waals surface area contributed by atoms with Gasteiger partial charge in [0.15, 0.2) is 0 Å². The van der Waals surface area contributed by atoms with Crippen LogP contribution in [-0.4, -0.2) is 36.5 Å². The summed E-state index contributed by atoms with van der Waals surface area (Å²) >= 11 is 0. The van der Waals surface area contributed by atoms with Crippen LogP contribution in [0.25, 0.3) is 5.70 Å². The number of sulfonamides is 1. The summed E-state index contributed by atoms with van der Waals surface area (Å²) in [6.45, 7) is 0.0730. The van der Waals surface area contributed by atoms with Crippen LogP contribution in [-0.2, 0) is 16.2 Å². The van der Waals surface area contributed by atoms with Crippen molar-refractivity contribution in [3.63, 3.8) is 0 Å². The lowest BCUT2D eigenvalue weighted by molar-refractivity contribution is -0.137. The van der Waals surface area contributed by atoms with E-state index in [1.54, 1.807) is 24.4 Å². The van der Waals surface area contributed by atoms with E-state index in [1.165, 1.54) is 24.6 Å². The Balaban J connectivity index is 1.22. The molecule has 14 heteroatoms. The first-order valence-electron chi connectivity index (χ1n) is 12.0. The number of allylic oxidation sites excluding steroid dienone is 1. The van der Waals surface area contributed by atoms with E-state index in [9.17, 15) is 26.0 Å². The fourth-order valence-corrected chi connectivity index (χ4v) is 5.02. The summed E-state index contributed by atoms with van der Waals surface area (Å²) in [4.78, 5) is 12.5. The molecule has 1 unspecified atom stereocenters. The van der Waals surface area contributed by atoms with Gasteiger partial charge in [0.1, 0.15) is 12.1 Å². The number of anilines is 2. The van der Waals surface area contributed by atoms with Crippen LogP contribution in [0.4, 0.5) is 29.5 Å². The van der Waals surface area contributed by atoms with Gasteiger partial charge in [-0.2, -0.15) is 13.2 Å². The molecule has 208 valence electrons. The van der Waals surface area contributed by atoms with E-state index < -0.39 is 21.8 Å². The van der Waals surface area contributed by atoms with Gasteiger partial charge < -0.3 is 15.1 Å². The summed E-state index contributed by atoms with van der Waals surface area (Å²) in [5, 5.41) is 6.09. The molecule has 40 heavy (non-hydrogen) atoms. The fourth-order valence-electron chi connectivity index (χ4n) is 3.98. The zero-order valence-corrected chi connectivity index (χ0v) is 21.4. The van der Waals surface area contributed by atoms with E-state index in [2.05, 4.69) is 30.3 Å². The summed E-state index contributed by atoms with van der Waals surface area (Å²) in [5.74, 6) is -0.115. The predicted octanol–water partition coefficient (Wildman–Crippen LogP) is 5.02. The van der Waals surface area contributed by atoms with Crippen molar-refractivity contribution in [1.29, 1.82) is 0 Å². The molecular formula is C26H22F4N6O3S. The number of benzene rings is 2. The third kappa shape index (κ3) is 6.46. The van der Waals surface area contributed by atoms with Crippen LogP contribution in [0.1, 0.15) is 29.2 Å². The zero-order chi connectivity index (χ0) is 28.3. The highest BCUT2D eigenvalue weighted by Gasteiger charge is 2.37. The average molecular weight is 575 g/mol. The number of hydrogen-bond acceptors (Lipinski definition) is 8. The van der Waals surface area contributed by atoms with Crippen molar-refractivity contribution >= 4 is 27.7 Å². The minimum absolute atomic E-state index is 0.0377. The predicted molar refractivity (Wildman–Crippen MR) is 138 cm³/mol. The molecule has 9 nitrogen and oxygen atoms in total. The van der Waals surface area contributed by atoms with Crippen molar-refractivity contribution in [1.82, 2.24) is 19.7 Å². The van der Waals surface area contributed by atoms with Crippen LogP contribution >= 0.6 is 0 Å². The van der Waals surface area contributed by atoms with Gasteiger partial charge in [-0.25, -0.2) is 32.5 Å². The van der Waals surface area contributed by atoms with Crippen LogP contribution in [0.15, 0.2) is 88.1 Å². The van der Waals surface area contributed by atoms with E-state index >= 15 is 0 Å². The van der Waals surface area contributed by atoms with E-state index in [1.807, 2.05) is 0 Å². The van der Waals surface area contributed by atoms with Gasteiger partial charge in [-0.3, -0.25) is 0 Å². The lowest BCUT2D eigenvalue weighted by Crippen LogP contribution is -2.29. The molecule has 0 amide bonds. The summed E-state index contributed by atoms with van der Waals surface area (Å²) in [7, 11) is -4.00. The normalized spacial score (nSPS) is 16.4. The van der Waals surface area contributed by atoms with Crippen molar-refractivity contribution in [3.05, 3.63) is 101 Å². The molecule has 2 aromatic heterocycles. The molecule has 0 saturated heterocycles. The minimum atomic E-state index is -4.55. The van der Waals surface area contributed by atoms with Crippen LogP contribution in [0.5, 0.6) is 0 Å². The Labute approximate surface area is 226 Å². The number of hydrogen-bond donors (Lipinski definition) is 3. The smallest absolute Gasteiger partial charge is 0.416 e. The maximum absolute atomic E-state index is 13.5. The molecule has 2 aromatic carbocycles. The van der Waals surface area contributed by atoms with Crippen LogP contribution in [0.3, 0.4) is 0 Å². The largest absolute Gasteiger partial charge is 0.432 e. The second kappa shape index (κ2) is 11.1. The zero-order valence-electron chi connectivity index (χ0n) is 20.6. The SMILES string of the molecule is O=S(=O)(NCCNc1nccc(C2C/C2=C(\Nc2ncco2)c2ccc(F)cc2)n1)c1ccc(C(F)(F)F)cc1. The lowest BCUT2D eigenvalue weighted by Gasteiger charge is -2.10. The Hall–Kier alpha value is -4.30. The average Bonchev–Trinajstić information content (AvgIpc) is 3.56. The van der Waals surface area contributed by atoms with E-state index in [-0.39, 0.29) is 35.7 Å². The molecular weight excluding hydrogens is 552 g/mol. The van der Waals surface area contributed by atoms with Crippen molar-refractivity contribution in [2.24, 2.45) is 0 Å². The highest BCUT2D eigenvalue weighted by molar-refractivity contribution is 7.89. The third-order valence-electron chi connectivity index (χ3n) is 6.03. The maximum Gasteiger partial charge on any atom is 0.416 e. The first-order chi connectivity index (χ1) is 19.1. The number of oxazole rings is 1. The van der Waals surface area contributed by atoms with E-state index in [0.29, 0.717) is 12.4 Å². The van der Waals surface area contributed by atoms with Crippen molar-refractivity contribution < 1.29 is 30.4 Å². The number of nitrogens with one attached hydrogen (secondary N) is 3. The number of alkyl halides is 3. The Morgan fingerprint density at radius 2 is 1.73 bits per heavy atom. The Morgan fingerprint density at radius 3 is 2.40 bits per heavy atom. The maximum atomic E-state index is 13.5. The number of rotatable bonds is 10. The molecule has 0 spiro atoms. The van der Waals surface area contributed by atoms with Crippen molar-refractivity contribution in [2.45, 2.75) is 23.4 Å². The van der Waals surface area contributed by atoms with Crippen LogP contribution in [0.2, 0.25) is 0 Å². The molecule has 1 aliphatic rings. The number of aromatic nitrogens is 3. The van der Waals surface area contributed by atoms with E-state index in [4.69, 9.17) is 4.42 Å². The van der Waals surface area contributed by atoms with Gasteiger partial charge in [-0.15, -0.1) is 0 Å². The summed E-state index contributed by atoms with van der Waals surface area (Å²) in [6, 6.07) is 11.3. The molecule has 1 fully saturated rings. The Bertz CT molecular complexity index is 1610. The van der Waals surface area contributed by atoms with Gasteiger partial charge >= 0.3 is 6.18 Å². The molecule has 0 radical (unpaired) electrons. The number of nitrogens with zero attached hydrogens (tertiary/aromatic N) is 3. The second-order valence-corrected chi connectivity index (χ2v) is 10.5. The quantitative estimate of drug-likeness (QED) is 0.178. The van der Waals surface area contributed by atoms with Gasteiger partial charge in [-0.1, -0.05) is 0 Å². The van der Waals surface area contributed by atoms with Crippen molar-refractivity contribution in [3.8, 4) is 0 Å². The number of halogens is 4. The minimum Gasteiger partial charge on any atom is -0.432 e. The highest BCUT2D eigenvalue weighted by atomic mass is 32.2. The monoisotopic (exact) mass is 574 g/mol. The van der Waals surface area contributed by atoms with Crippen LogP contribution in [0, 0.1) is 5.82 Å². The fraction of sp³-hybridized carbons (Fsp3) is 0.192. The molecule has 5 rings (SSSR count). The third-order valence-corrected chi connectivity index (χ3v) is 7.51. The topological polar surface area (TPSA) is 122 Å². The molecule has 1 aliphatic carbocycles. The summed E-state index contributed by atoms with van der Waals surface area (Å²) < 4.78 is 84.1. The highest BCUT2D eigenvalue weighted by Crippen LogP contribution is 2.50. The molecule has 0 aliphatic heterocycles.